The van der Waals surface area contributed by atoms with Gasteiger partial charge in [0.05, 0.1) is 11.7 Å². The minimum Gasteiger partial charge on any atom is -0.393 e. The van der Waals surface area contributed by atoms with Gasteiger partial charge in [-0.1, -0.05) is 45.3 Å². The van der Waals surface area contributed by atoms with Crippen LogP contribution in [0.5, 0.6) is 0 Å². The van der Waals surface area contributed by atoms with Crippen molar-refractivity contribution < 1.29 is 18.4 Å². The lowest BCUT2D eigenvalue weighted by atomic mass is 9.47. The highest BCUT2D eigenvalue weighted by molar-refractivity contribution is 5.25. The van der Waals surface area contributed by atoms with Crippen LogP contribution in [0.15, 0.2) is 11.6 Å². The summed E-state index contributed by atoms with van der Waals surface area (Å²) >= 11 is 0. The normalized spacial score (nSPS) is 49.7. The molecule has 0 amide bonds. The summed E-state index contributed by atoms with van der Waals surface area (Å²) < 4.78 is 45.8. The fourth-order valence-corrected chi connectivity index (χ4v) is 8.50. The highest BCUT2D eigenvalue weighted by Gasteiger charge is 2.59. The molecule has 2 heteroatoms. The summed E-state index contributed by atoms with van der Waals surface area (Å²) in [6, 6.07) is 0. The SMILES string of the molecule is [2H]C([2H])([2H])C(O)(CCC[C@@H](C)C1CCC2C3CC=C4C[C@@H](O)CC[C@]4(C)C3CC[C@@]21C)C([2H])([2H])[2H]. The highest BCUT2D eigenvalue weighted by atomic mass is 16.3. The van der Waals surface area contributed by atoms with Crippen LogP contribution in [0.2, 0.25) is 0 Å². The Morgan fingerprint density at radius 1 is 1.17 bits per heavy atom. The molecule has 0 spiro atoms. The van der Waals surface area contributed by atoms with Gasteiger partial charge in [0.2, 0.25) is 0 Å². The molecule has 0 saturated heterocycles. The Hall–Kier alpha value is -0.340. The molecule has 8 atom stereocenters. The second-order valence-electron chi connectivity index (χ2n) is 11.6. The lowest BCUT2D eigenvalue weighted by Crippen LogP contribution is -2.50. The van der Waals surface area contributed by atoms with Crippen molar-refractivity contribution in [3.05, 3.63) is 11.6 Å². The number of aliphatic hydroxyl groups is 2. The number of fused-ring (bicyclic) bond motifs is 5. The van der Waals surface area contributed by atoms with Crippen LogP contribution in [0.1, 0.15) is 113 Å². The van der Waals surface area contributed by atoms with Crippen molar-refractivity contribution >= 4 is 0 Å². The van der Waals surface area contributed by atoms with Crippen molar-refractivity contribution in [3.63, 3.8) is 0 Å². The Morgan fingerprint density at radius 3 is 2.72 bits per heavy atom. The monoisotopic (exact) mass is 408 g/mol. The maximum Gasteiger partial charge on any atom is 0.0591 e. The Labute approximate surface area is 188 Å². The van der Waals surface area contributed by atoms with Gasteiger partial charge in [-0.2, -0.15) is 0 Å². The van der Waals surface area contributed by atoms with E-state index in [1.54, 1.807) is 0 Å². The Morgan fingerprint density at radius 2 is 1.97 bits per heavy atom. The molecule has 0 radical (unpaired) electrons. The Kier molecular flexibility index (Phi) is 4.08. The standard InChI is InChI=1S/C27H46O2/c1-18(7-6-14-25(2,3)29)22-10-11-23-21-9-8-19-17-20(28)12-15-26(19,4)24(21)13-16-27(22,23)5/h8,18,20-24,28-29H,6-7,9-17H2,1-5H3/t18-,20+,21?,22?,23?,24?,26+,27-/m1/s1/i2D3,3D3. The number of allylic oxidation sites excluding steroid dienone is 1. The van der Waals surface area contributed by atoms with Gasteiger partial charge in [0.15, 0.2) is 0 Å². The van der Waals surface area contributed by atoms with Crippen molar-refractivity contribution in [2.45, 2.75) is 117 Å². The lowest BCUT2D eigenvalue weighted by Gasteiger charge is -2.58. The minimum atomic E-state index is -2.93. The van der Waals surface area contributed by atoms with Gasteiger partial charge in [-0.15, -0.1) is 0 Å². The average molecular weight is 409 g/mol. The van der Waals surface area contributed by atoms with Gasteiger partial charge in [-0.3, -0.25) is 0 Å². The van der Waals surface area contributed by atoms with Gasteiger partial charge < -0.3 is 10.2 Å². The molecule has 0 aromatic carbocycles. The topological polar surface area (TPSA) is 40.5 Å². The maximum atomic E-state index is 10.6. The lowest BCUT2D eigenvalue weighted by molar-refractivity contribution is -0.0575. The first kappa shape index (κ1) is 15.5. The number of aliphatic hydroxyl groups excluding tert-OH is 1. The Bertz CT molecular complexity index is 805. The summed E-state index contributed by atoms with van der Waals surface area (Å²) in [5.41, 5.74) is -0.641. The molecule has 0 aliphatic heterocycles. The van der Waals surface area contributed by atoms with Gasteiger partial charge in [-0.25, -0.2) is 0 Å². The third kappa shape index (κ3) is 3.86. The van der Waals surface area contributed by atoms with Gasteiger partial charge in [0.25, 0.3) is 0 Å². The average Bonchev–Trinajstić information content (AvgIpc) is 3.09. The molecular formula is C27H46O2. The molecule has 4 rings (SSSR count). The smallest absolute Gasteiger partial charge is 0.0591 e. The van der Waals surface area contributed by atoms with E-state index in [-0.39, 0.29) is 23.4 Å². The highest BCUT2D eigenvalue weighted by Crippen LogP contribution is 2.67. The van der Waals surface area contributed by atoms with Gasteiger partial charge >= 0.3 is 0 Å². The third-order valence-electron chi connectivity index (χ3n) is 10.0. The Balaban J connectivity index is 1.43. The van der Waals surface area contributed by atoms with E-state index in [0.29, 0.717) is 36.0 Å². The molecule has 4 unspecified atom stereocenters. The van der Waals surface area contributed by atoms with Crippen LogP contribution >= 0.6 is 0 Å². The number of hydrogen-bond acceptors (Lipinski definition) is 2. The van der Waals surface area contributed by atoms with Gasteiger partial charge in [0.1, 0.15) is 0 Å². The van der Waals surface area contributed by atoms with Crippen LogP contribution in [-0.2, 0) is 0 Å². The van der Waals surface area contributed by atoms with Crippen molar-refractivity contribution in [2.24, 2.45) is 40.4 Å². The van der Waals surface area contributed by atoms with E-state index >= 15 is 0 Å². The molecule has 0 bridgehead atoms. The van der Waals surface area contributed by atoms with Gasteiger partial charge in [-0.05, 0) is 112 Å². The zero-order valence-electron chi connectivity index (χ0n) is 24.7. The fraction of sp³-hybridized carbons (Fsp3) is 0.926. The molecule has 0 heterocycles. The van der Waals surface area contributed by atoms with Crippen LogP contribution in [0.3, 0.4) is 0 Å². The number of hydrogen-bond donors (Lipinski definition) is 2. The fourth-order valence-electron chi connectivity index (χ4n) is 8.50. The summed E-state index contributed by atoms with van der Waals surface area (Å²) in [5.74, 6) is 3.02. The van der Waals surface area contributed by atoms with Crippen molar-refractivity contribution in [1.82, 2.24) is 0 Å². The van der Waals surface area contributed by atoms with Gasteiger partial charge in [0, 0.05) is 8.22 Å². The predicted molar refractivity (Wildman–Crippen MR) is 121 cm³/mol. The predicted octanol–water partition coefficient (Wildman–Crippen LogP) is 6.50. The van der Waals surface area contributed by atoms with Crippen molar-refractivity contribution in [3.8, 4) is 0 Å². The van der Waals surface area contributed by atoms with Crippen LogP contribution in [-0.4, -0.2) is 21.9 Å². The molecule has 2 nitrogen and oxygen atoms in total. The first-order valence-electron chi connectivity index (χ1n) is 15.1. The van der Waals surface area contributed by atoms with E-state index in [1.807, 2.05) is 0 Å². The van der Waals surface area contributed by atoms with Crippen LogP contribution < -0.4 is 0 Å². The van der Waals surface area contributed by atoms with E-state index in [4.69, 9.17) is 8.22 Å². The summed E-state index contributed by atoms with van der Waals surface area (Å²) in [4.78, 5) is 0. The molecule has 4 aliphatic rings. The maximum absolute atomic E-state index is 10.6. The molecule has 0 aromatic heterocycles. The first-order chi connectivity index (χ1) is 16.0. The summed E-state index contributed by atoms with van der Waals surface area (Å²) in [5, 5.41) is 20.9. The molecule has 166 valence electrons. The van der Waals surface area contributed by atoms with E-state index in [9.17, 15) is 10.2 Å². The van der Waals surface area contributed by atoms with Crippen LogP contribution in [0, 0.1) is 40.4 Å². The molecule has 3 fully saturated rings. The quantitative estimate of drug-likeness (QED) is 0.509. The summed E-state index contributed by atoms with van der Waals surface area (Å²) in [7, 11) is 0. The molecule has 3 saturated carbocycles. The minimum absolute atomic E-state index is 0.176. The van der Waals surface area contributed by atoms with E-state index in [1.165, 1.54) is 31.3 Å². The first-order valence-corrected chi connectivity index (χ1v) is 12.1. The molecule has 29 heavy (non-hydrogen) atoms. The molecular weight excluding hydrogens is 356 g/mol. The molecule has 2 N–H and O–H groups in total. The second-order valence-corrected chi connectivity index (χ2v) is 11.6. The zero-order valence-corrected chi connectivity index (χ0v) is 18.7. The largest absolute Gasteiger partial charge is 0.393 e. The van der Waals surface area contributed by atoms with Crippen LogP contribution in [0.4, 0.5) is 0 Å². The summed E-state index contributed by atoms with van der Waals surface area (Å²) in [6.07, 6.45) is 12.1. The molecule has 0 aromatic rings. The van der Waals surface area contributed by atoms with E-state index in [0.717, 1.165) is 32.1 Å². The third-order valence-corrected chi connectivity index (χ3v) is 10.0. The molecule has 4 aliphatic carbocycles. The van der Waals surface area contributed by atoms with Crippen molar-refractivity contribution in [2.75, 3.05) is 0 Å². The zero-order chi connectivity index (χ0) is 26.0. The van der Waals surface area contributed by atoms with E-state index < -0.39 is 19.3 Å². The van der Waals surface area contributed by atoms with Crippen LogP contribution in [0.25, 0.3) is 0 Å². The van der Waals surface area contributed by atoms with Crippen molar-refractivity contribution in [1.29, 1.82) is 0 Å². The van der Waals surface area contributed by atoms with E-state index in [2.05, 4.69) is 26.8 Å². The number of rotatable bonds is 5. The second kappa shape index (κ2) is 7.66. The summed E-state index contributed by atoms with van der Waals surface area (Å²) in [6.45, 7) is 1.33.